The summed E-state index contributed by atoms with van der Waals surface area (Å²) in [4.78, 5) is 15.1. The van der Waals surface area contributed by atoms with Crippen LogP contribution in [-0.4, -0.2) is 18.1 Å². The van der Waals surface area contributed by atoms with Gasteiger partial charge in [0.05, 0.1) is 7.11 Å². The number of carbonyl (C=O) groups excluding carboxylic acids is 1. The Labute approximate surface area is 121 Å². The maximum atomic E-state index is 12.0. The lowest BCUT2D eigenvalue weighted by Crippen LogP contribution is -2.03. The Morgan fingerprint density at radius 1 is 1.10 bits per heavy atom. The molecule has 20 heavy (non-hydrogen) atoms. The molecule has 4 heteroatoms. The van der Waals surface area contributed by atoms with E-state index in [1.54, 1.807) is 12.1 Å². The van der Waals surface area contributed by atoms with E-state index in [1.165, 1.54) is 7.11 Å². The summed E-state index contributed by atoms with van der Waals surface area (Å²) in [5, 5.41) is 1.64. The third-order valence-electron chi connectivity index (χ3n) is 3.23. The van der Waals surface area contributed by atoms with E-state index in [0.717, 1.165) is 22.0 Å². The minimum Gasteiger partial charge on any atom is -0.464 e. The number of benzene rings is 2. The molecule has 0 aliphatic carbocycles. The molecular weight excluding hydrogens is 274 g/mol. The van der Waals surface area contributed by atoms with E-state index in [4.69, 9.17) is 16.3 Å². The van der Waals surface area contributed by atoms with E-state index in [0.29, 0.717) is 10.7 Å². The van der Waals surface area contributed by atoms with Crippen LogP contribution in [0, 0.1) is 0 Å². The zero-order chi connectivity index (χ0) is 14.1. The Morgan fingerprint density at radius 3 is 2.50 bits per heavy atom. The highest BCUT2D eigenvalue weighted by atomic mass is 35.5. The number of ether oxygens (including phenoxy) is 1. The molecule has 0 saturated heterocycles. The van der Waals surface area contributed by atoms with Crippen LogP contribution in [0.3, 0.4) is 0 Å². The number of carbonyl (C=O) groups is 1. The quantitative estimate of drug-likeness (QED) is 0.714. The van der Waals surface area contributed by atoms with Gasteiger partial charge in [0, 0.05) is 21.5 Å². The highest BCUT2D eigenvalue weighted by Gasteiger charge is 2.19. The maximum Gasteiger partial charge on any atom is 0.355 e. The second kappa shape index (κ2) is 5.02. The van der Waals surface area contributed by atoms with Crippen molar-refractivity contribution in [1.29, 1.82) is 0 Å². The van der Waals surface area contributed by atoms with Gasteiger partial charge in [-0.25, -0.2) is 4.79 Å². The number of esters is 1. The average molecular weight is 286 g/mol. The molecule has 0 fully saturated rings. The summed E-state index contributed by atoms with van der Waals surface area (Å²) in [7, 11) is 1.37. The van der Waals surface area contributed by atoms with E-state index in [1.807, 2.05) is 36.4 Å². The van der Waals surface area contributed by atoms with Crippen LogP contribution in [0.4, 0.5) is 0 Å². The fraction of sp³-hybridized carbons (Fsp3) is 0.0625. The molecule has 0 amide bonds. The maximum absolute atomic E-state index is 12.0. The van der Waals surface area contributed by atoms with Gasteiger partial charge in [0.25, 0.3) is 0 Å². The third kappa shape index (κ3) is 2.06. The summed E-state index contributed by atoms with van der Waals surface area (Å²) < 4.78 is 4.86. The number of rotatable bonds is 2. The fourth-order valence-corrected chi connectivity index (χ4v) is 2.44. The van der Waals surface area contributed by atoms with Crippen molar-refractivity contribution in [2.24, 2.45) is 0 Å². The summed E-state index contributed by atoms with van der Waals surface area (Å²) in [6.45, 7) is 0. The molecule has 3 aromatic rings. The van der Waals surface area contributed by atoms with E-state index in [-0.39, 0.29) is 5.97 Å². The van der Waals surface area contributed by atoms with Crippen LogP contribution in [0.2, 0.25) is 5.02 Å². The molecule has 0 saturated carbocycles. The van der Waals surface area contributed by atoms with Crippen LogP contribution in [0.1, 0.15) is 10.5 Å². The molecule has 0 spiro atoms. The van der Waals surface area contributed by atoms with Crippen molar-refractivity contribution in [3.8, 4) is 11.1 Å². The first-order valence-corrected chi connectivity index (χ1v) is 6.53. The number of para-hydroxylation sites is 1. The van der Waals surface area contributed by atoms with Crippen molar-refractivity contribution in [2.45, 2.75) is 0 Å². The second-order valence-electron chi connectivity index (χ2n) is 4.42. The predicted molar refractivity (Wildman–Crippen MR) is 80.1 cm³/mol. The van der Waals surface area contributed by atoms with Gasteiger partial charge < -0.3 is 9.72 Å². The summed E-state index contributed by atoms with van der Waals surface area (Å²) in [5.41, 5.74) is 3.12. The van der Waals surface area contributed by atoms with Crippen LogP contribution in [0.25, 0.3) is 22.0 Å². The summed E-state index contributed by atoms with van der Waals surface area (Å²) in [6, 6.07) is 15.2. The Kier molecular flexibility index (Phi) is 3.20. The van der Waals surface area contributed by atoms with Gasteiger partial charge in [-0.1, -0.05) is 41.9 Å². The number of nitrogens with one attached hydrogen (secondary N) is 1. The van der Waals surface area contributed by atoms with Gasteiger partial charge in [-0.15, -0.1) is 0 Å². The SMILES string of the molecule is COC(=O)c1[nH]c2ccccc2c1-c1ccc(Cl)cc1. The molecule has 0 atom stereocenters. The van der Waals surface area contributed by atoms with Crippen molar-refractivity contribution in [3.05, 3.63) is 59.2 Å². The predicted octanol–water partition coefficient (Wildman–Crippen LogP) is 4.27. The molecule has 0 aliphatic rings. The van der Waals surface area contributed by atoms with Gasteiger partial charge in [-0.3, -0.25) is 0 Å². The molecule has 1 N–H and O–H groups in total. The van der Waals surface area contributed by atoms with Crippen molar-refractivity contribution in [3.63, 3.8) is 0 Å². The molecule has 0 radical (unpaired) electrons. The molecule has 1 aromatic heterocycles. The van der Waals surface area contributed by atoms with Crippen LogP contribution in [0.15, 0.2) is 48.5 Å². The minimum atomic E-state index is -0.383. The van der Waals surface area contributed by atoms with Crippen LogP contribution in [0.5, 0.6) is 0 Å². The Bertz CT molecular complexity index is 775. The Hall–Kier alpha value is -2.26. The zero-order valence-corrected chi connectivity index (χ0v) is 11.6. The van der Waals surface area contributed by atoms with Gasteiger partial charge in [-0.05, 0) is 23.8 Å². The number of hydrogen-bond donors (Lipinski definition) is 1. The van der Waals surface area contributed by atoms with Gasteiger partial charge in [0.1, 0.15) is 5.69 Å². The average Bonchev–Trinajstić information content (AvgIpc) is 2.87. The largest absolute Gasteiger partial charge is 0.464 e. The molecule has 100 valence electrons. The summed E-state index contributed by atoms with van der Waals surface area (Å²) in [6.07, 6.45) is 0. The van der Waals surface area contributed by atoms with Crippen LogP contribution < -0.4 is 0 Å². The Balaban J connectivity index is 2.31. The van der Waals surface area contributed by atoms with E-state index in [2.05, 4.69) is 4.98 Å². The number of fused-ring (bicyclic) bond motifs is 1. The van der Waals surface area contributed by atoms with Crippen molar-refractivity contribution >= 4 is 28.5 Å². The third-order valence-corrected chi connectivity index (χ3v) is 3.48. The first-order chi connectivity index (χ1) is 9.70. The number of halogens is 1. The van der Waals surface area contributed by atoms with Gasteiger partial charge >= 0.3 is 5.97 Å². The van der Waals surface area contributed by atoms with Gasteiger partial charge in [0.2, 0.25) is 0 Å². The Morgan fingerprint density at radius 2 is 1.80 bits per heavy atom. The smallest absolute Gasteiger partial charge is 0.355 e. The molecule has 1 heterocycles. The molecule has 0 bridgehead atoms. The molecule has 3 rings (SSSR count). The lowest BCUT2D eigenvalue weighted by atomic mass is 10.0. The lowest BCUT2D eigenvalue weighted by Gasteiger charge is -2.04. The number of H-pyrrole nitrogens is 1. The van der Waals surface area contributed by atoms with E-state index in [9.17, 15) is 4.79 Å². The lowest BCUT2D eigenvalue weighted by molar-refractivity contribution is 0.0596. The molecule has 0 unspecified atom stereocenters. The van der Waals surface area contributed by atoms with Crippen LogP contribution >= 0.6 is 11.6 Å². The first-order valence-electron chi connectivity index (χ1n) is 6.15. The van der Waals surface area contributed by atoms with Gasteiger partial charge in [-0.2, -0.15) is 0 Å². The highest BCUT2D eigenvalue weighted by Crippen LogP contribution is 2.33. The van der Waals surface area contributed by atoms with Gasteiger partial charge in [0.15, 0.2) is 0 Å². The molecule has 0 aliphatic heterocycles. The number of aromatic amines is 1. The first kappa shape index (κ1) is 12.8. The summed E-state index contributed by atoms with van der Waals surface area (Å²) in [5.74, 6) is -0.383. The molecule has 3 nitrogen and oxygen atoms in total. The number of methoxy groups -OCH3 is 1. The van der Waals surface area contributed by atoms with Crippen molar-refractivity contribution in [1.82, 2.24) is 4.98 Å². The van der Waals surface area contributed by atoms with E-state index < -0.39 is 0 Å². The topological polar surface area (TPSA) is 42.1 Å². The number of hydrogen-bond acceptors (Lipinski definition) is 2. The second-order valence-corrected chi connectivity index (χ2v) is 4.86. The standard InChI is InChI=1S/C16H12ClNO2/c1-20-16(19)15-14(10-6-8-11(17)9-7-10)12-4-2-3-5-13(12)18-15/h2-9,18H,1H3. The summed E-state index contributed by atoms with van der Waals surface area (Å²) >= 11 is 5.92. The zero-order valence-electron chi connectivity index (χ0n) is 10.8. The van der Waals surface area contributed by atoms with E-state index >= 15 is 0 Å². The fourth-order valence-electron chi connectivity index (χ4n) is 2.31. The van der Waals surface area contributed by atoms with Crippen LogP contribution in [-0.2, 0) is 4.74 Å². The highest BCUT2D eigenvalue weighted by molar-refractivity contribution is 6.30. The van der Waals surface area contributed by atoms with Crippen molar-refractivity contribution in [2.75, 3.05) is 7.11 Å². The number of aromatic nitrogens is 1. The van der Waals surface area contributed by atoms with Crippen molar-refractivity contribution < 1.29 is 9.53 Å². The normalized spacial score (nSPS) is 10.7. The molecular formula is C16H12ClNO2. The monoisotopic (exact) mass is 285 g/mol. The minimum absolute atomic E-state index is 0.383. The molecule has 2 aromatic carbocycles.